The van der Waals surface area contributed by atoms with E-state index in [1.807, 2.05) is 0 Å². The number of fused-ring (bicyclic) bond motifs is 1. The van der Waals surface area contributed by atoms with Crippen molar-refractivity contribution in [2.24, 2.45) is 0 Å². The molecule has 0 atom stereocenters. The molecule has 22 heavy (non-hydrogen) atoms. The Morgan fingerprint density at radius 1 is 1.27 bits per heavy atom. The average Bonchev–Trinajstić information content (AvgIpc) is 2.92. The Hall–Kier alpha value is -2.18. The van der Waals surface area contributed by atoms with Crippen molar-refractivity contribution < 1.29 is 9.90 Å². The van der Waals surface area contributed by atoms with Crippen molar-refractivity contribution in [3.63, 3.8) is 0 Å². The van der Waals surface area contributed by atoms with Crippen LogP contribution in [0.5, 0.6) is 0 Å². The van der Waals surface area contributed by atoms with Crippen molar-refractivity contribution >= 4 is 51.4 Å². The zero-order valence-corrected chi connectivity index (χ0v) is 13.4. The fourth-order valence-electron chi connectivity index (χ4n) is 2.01. The van der Waals surface area contributed by atoms with Gasteiger partial charge in [-0.25, -0.2) is 14.8 Å². The molecular formula is C15H14ClN3O2S. The van der Waals surface area contributed by atoms with Crippen LogP contribution in [0.4, 0.5) is 11.5 Å². The lowest BCUT2D eigenvalue weighted by molar-refractivity contribution is 0.0697. The second-order valence-electron chi connectivity index (χ2n) is 4.51. The lowest BCUT2D eigenvalue weighted by atomic mass is 10.2. The third kappa shape index (κ3) is 3.18. The number of hydrogen-bond donors (Lipinski definition) is 2. The minimum Gasteiger partial charge on any atom is -0.478 e. The highest BCUT2D eigenvalue weighted by Crippen LogP contribution is 2.30. The molecule has 5 nitrogen and oxygen atoms in total. The number of hydrogen-bond acceptors (Lipinski definition) is 5. The summed E-state index contributed by atoms with van der Waals surface area (Å²) in [7, 11) is 0. The van der Waals surface area contributed by atoms with Gasteiger partial charge in [0.1, 0.15) is 17.0 Å². The fraction of sp³-hybridized carbons (Fsp3) is 0.133. The highest BCUT2D eigenvalue weighted by molar-refractivity contribution is 7.18. The minimum absolute atomic E-state index is 0. The van der Waals surface area contributed by atoms with E-state index in [-0.39, 0.29) is 18.0 Å². The number of aromatic nitrogens is 2. The van der Waals surface area contributed by atoms with E-state index in [0.717, 1.165) is 28.1 Å². The molecule has 0 aliphatic rings. The number of aryl methyl sites for hydroxylation is 1. The summed E-state index contributed by atoms with van der Waals surface area (Å²) >= 11 is 1.66. The van der Waals surface area contributed by atoms with Crippen LogP contribution in [0, 0.1) is 0 Å². The van der Waals surface area contributed by atoms with Gasteiger partial charge in [0.2, 0.25) is 0 Å². The van der Waals surface area contributed by atoms with Gasteiger partial charge in [0, 0.05) is 10.6 Å². The summed E-state index contributed by atoms with van der Waals surface area (Å²) < 4.78 is 0. The van der Waals surface area contributed by atoms with Gasteiger partial charge in [0.05, 0.1) is 10.9 Å². The molecule has 7 heteroatoms. The van der Waals surface area contributed by atoms with Crippen LogP contribution in [-0.2, 0) is 6.42 Å². The summed E-state index contributed by atoms with van der Waals surface area (Å²) in [6.07, 6.45) is 2.50. The number of rotatable bonds is 4. The van der Waals surface area contributed by atoms with Crippen molar-refractivity contribution in [2.45, 2.75) is 13.3 Å². The molecule has 114 valence electrons. The van der Waals surface area contributed by atoms with Crippen LogP contribution >= 0.6 is 23.7 Å². The number of nitrogens with zero attached hydrogens (tertiary/aromatic N) is 2. The molecule has 3 aromatic rings. The molecule has 0 amide bonds. The molecular weight excluding hydrogens is 322 g/mol. The topological polar surface area (TPSA) is 75.1 Å². The first-order chi connectivity index (χ1) is 10.2. The Balaban J connectivity index is 0.00000176. The molecule has 0 aliphatic carbocycles. The van der Waals surface area contributed by atoms with E-state index in [2.05, 4.69) is 28.3 Å². The Bertz CT molecular complexity index is 802. The van der Waals surface area contributed by atoms with Gasteiger partial charge in [-0.1, -0.05) is 6.92 Å². The molecule has 0 unspecified atom stereocenters. The van der Waals surface area contributed by atoms with E-state index in [1.165, 1.54) is 11.2 Å². The van der Waals surface area contributed by atoms with Crippen LogP contribution in [-0.4, -0.2) is 21.0 Å². The summed E-state index contributed by atoms with van der Waals surface area (Å²) in [5, 5.41) is 13.1. The minimum atomic E-state index is -0.934. The second kappa shape index (κ2) is 6.72. The van der Waals surface area contributed by atoms with E-state index in [0.29, 0.717) is 0 Å². The maximum atomic E-state index is 10.8. The Labute approximate surface area is 137 Å². The number of aromatic carboxylic acids is 1. The predicted octanol–water partition coefficient (Wildman–Crippen LogP) is 4.12. The number of nitrogens with one attached hydrogen (secondary N) is 1. The molecule has 0 spiro atoms. The van der Waals surface area contributed by atoms with Crippen molar-refractivity contribution in [2.75, 3.05) is 5.32 Å². The van der Waals surface area contributed by atoms with Gasteiger partial charge < -0.3 is 10.4 Å². The summed E-state index contributed by atoms with van der Waals surface area (Å²) in [5.74, 6) is -0.199. The Kier molecular flexibility index (Phi) is 4.95. The zero-order chi connectivity index (χ0) is 14.8. The molecule has 1 aromatic carbocycles. The number of carboxylic acid groups (broad SMARTS) is 1. The van der Waals surface area contributed by atoms with Crippen LogP contribution in [0.3, 0.4) is 0 Å². The van der Waals surface area contributed by atoms with Gasteiger partial charge in [-0.05, 0) is 36.8 Å². The molecule has 0 bridgehead atoms. The highest BCUT2D eigenvalue weighted by atomic mass is 35.5. The zero-order valence-electron chi connectivity index (χ0n) is 11.7. The van der Waals surface area contributed by atoms with Crippen molar-refractivity contribution in [3.05, 3.63) is 47.1 Å². The first-order valence-electron chi connectivity index (χ1n) is 6.51. The van der Waals surface area contributed by atoms with Crippen molar-refractivity contribution in [1.82, 2.24) is 9.97 Å². The third-order valence-electron chi connectivity index (χ3n) is 3.12. The molecule has 0 aliphatic heterocycles. The Morgan fingerprint density at radius 3 is 2.64 bits per heavy atom. The molecule has 0 fully saturated rings. The predicted molar refractivity (Wildman–Crippen MR) is 90.7 cm³/mol. The van der Waals surface area contributed by atoms with Gasteiger partial charge >= 0.3 is 5.97 Å². The molecule has 2 aromatic heterocycles. The van der Waals surface area contributed by atoms with Crippen LogP contribution in [0.2, 0.25) is 0 Å². The summed E-state index contributed by atoms with van der Waals surface area (Å²) in [4.78, 5) is 21.6. The number of halogens is 1. The van der Waals surface area contributed by atoms with Gasteiger partial charge in [-0.2, -0.15) is 0 Å². The molecule has 2 heterocycles. The molecule has 0 saturated carbocycles. The van der Waals surface area contributed by atoms with Crippen LogP contribution in [0.1, 0.15) is 22.2 Å². The first-order valence-corrected chi connectivity index (χ1v) is 7.33. The number of carboxylic acids is 1. The number of benzene rings is 1. The maximum Gasteiger partial charge on any atom is 0.335 e. The first kappa shape index (κ1) is 16.2. The van der Waals surface area contributed by atoms with Gasteiger partial charge in [-0.3, -0.25) is 0 Å². The standard InChI is InChI=1S/C15H13N3O2S.ClH/c1-2-11-7-12-13(16-8-17-14(12)21-11)18-10-5-3-9(4-6-10)15(19)20;/h3-8H,2H2,1H3,(H,19,20)(H,16,17,18);1H. The maximum absolute atomic E-state index is 10.8. The molecule has 0 radical (unpaired) electrons. The summed E-state index contributed by atoms with van der Waals surface area (Å²) in [6, 6.07) is 8.67. The highest BCUT2D eigenvalue weighted by Gasteiger charge is 2.08. The fourth-order valence-corrected chi connectivity index (χ4v) is 2.95. The normalized spacial score (nSPS) is 10.2. The summed E-state index contributed by atoms with van der Waals surface area (Å²) in [5.41, 5.74) is 1.06. The average molecular weight is 336 g/mol. The van der Waals surface area contributed by atoms with E-state index < -0.39 is 5.97 Å². The van der Waals surface area contributed by atoms with E-state index in [1.54, 1.807) is 35.6 Å². The van der Waals surface area contributed by atoms with Crippen LogP contribution in [0.25, 0.3) is 10.2 Å². The second-order valence-corrected chi connectivity index (χ2v) is 5.63. The van der Waals surface area contributed by atoms with E-state index >= 15 is 0 Å². The number of carbonyl (C=O) groups is 1. The number of thiophene rings is 1. The van der Waals surface area contributed by atoms with Gasteiger partial charge in [-0.15, -0.1) is 23.7 Å². The number of anilines is 2. The largest absolute Gasteiger partial charge is 0.478 e. The lowest BCUT2D eigenvalue weighted by Gasteiger charge is -2.06. The lowest BCUT2D eigenvalue weighted by Crippen LogP contribution is -1.98. The SMILES string of the molecule is CCc1cc2c(Nc3ccc(C(=O)O)cc3)ncnc2s1.Cl. The van der Waals surface area contributed by atoms with Crippen molar-refractivity contribution in [1.29, 1.82) is 0 Å². The summed E-state index contributed by atoms with van der Waals surface area (Å²) in [6.45, 7) is 2.11. The van der Waals surface area contributed by atoms with Crippen molar-refractivity contribution in [3.8, 4) is 0 Å². The molecule has 2 N–H and O–H groups in total. The van der Waals surface area contributed by atoms with Gasteiger partial charge in [0.25, 0.3) is 0 Å². The van der Waals surface area contributed by atoms with E-state index in [4.69, 9.17) is 5.11 Å². The molecule has 3 rings (SSSR count). The van der Waals surface area contributed by atoms with Crippen LogP contribution in [0.15, 0.2) is 36.7 Å². The smallest absolute Gasteiger partial charge is 0.335 e. The van der Waals surface area contributed by atoms with Crippen LogP contribution < -0.4 is 5.32 Å². The third-order valence-corrected chi connectivity index (χ3v) is 4.31. The van der Waals surface area contributed by atoms with E-state index in [9.17, 15) is 4.79 Å². The Morgan fingerprint density at radius 2 is 2.00 bits per heavy atom. The van der Waals surface area contributed by atoms with Gasteiger partial charge in [0.15, 0.2) is 0 Å². The monoisotopic (exact) mass is 335 g/mol. The quantitative estimate of drug-likeness (QED) is 0.750. The molecule has 0 saturated heterocycles.